The van der Waals surface area contributed by atoms with Crippen LogP contribution in [0.3, 0.4) is 0 Å². The van der Waals surface area contributed by atoms with Gasteiger partial charge in [0.25, 0.3) is 0 Å². The Morgan fingerprint density at radius 2 is 2.22 bits per heavy atom. The summed E-state index contributed by atoms with van der Waals surface area (Å²) in [6.07, 6.45) is 2.60. The Labute approximate surface area is 110 Å². The first-order chi connectivity index (χ1) is 8.62. The minimum atomic E-state index is 0.332. The molecule has 1 aliphatic heterocycles. The summed E-state index contributed by atoms with van der Waals surface area (Å²) in [5.41, 5.74) is 8.14. The highest BCUT2D eigenvalue weighted by molar-refractivity contribution is 5.37. The van der Waals surface area contributed by atoms with Crippen molar-refractivity contribution in [2.75, 3.05) is 13.1 Å². The summed E-state index contributed by atoms with van der Waals surface area (Å²) in [6.45, 7) is 7.30. The lowest BCUT2D eigenvalue weighted by Crippen LogP contribution is -2.37. The van der Waals surface area contributed by atoms with Gasteiger partial charge in [0.15, 0.2) is 0 Å². The third kappa shape index (κ3) is 3.13. The number of hydrogen-bond acceptors (Lipinski definition) is 2. The van der Waals surface area contributed by atoms with E-state index in [1.807, 2.05) is 6.07 Å². The average Bonchev–Trinajstić information content (AvgIpc) is 2.67. The Bertz CT molecular complexity index is 465. The monoisotopic (exact) mass is 242 g/mol. The summed E-state index contributed by atoms with van der Waals surface area (Å²) < 4.78 is 0. The van der Waals surface area contributed by atoms with E-state index in [1.54, 1.807) is 0 Å². The molecule has 1 fully saturated rings. The number of hydrogen-bond donors (Lipinski definition) is 1. The maximum absolute atomic E-state index is 5.40. The third-order valence-corrected chi connectivity index (χ3v) is 3.71. The molecule has 1 heterocycles. The normalized spacial score (nSPS) is 18.4. The van der Waals surface area contributed by atoms with Gasteiger partial charge in [-0.2, -0.15) is 0 Å². The minimum Gasteiger partial charge on any atom is -0.320 e. The van der Waals surface area contributed by atoms with E-state index < -0.39 is 0 Å². The van der Waals surface area contributed by atoms with E-state index in [1.165, 1.54) is 24.9 Å². The molecule has 2 rings (SSSR count). The van der Waals surface area contributed by atoms with E-state index >= 15 is 0 Å². The smallest absolute Gasteiger partial charge is 0.0555 e. The highest BCUT2D eigenvalue weighted by Gasteiger charge is 2.31. The van der Waals surface area contributed by atoms with Crippen LogP contribution in [-0.4, -0.2) is 23.5 Å². The maximum Gasteiger partial charge on any atom is 0.0555 e. The molecular weight excluding hydrogens is 220 g/mol. The largest absolute Gasteiger partial charge is 0.320 e. The van der Waals surface area contributed by atoms with Gasteiger partial charge in [0.1, 0.15) is 0 Å². The zero-order valence-corrected chi connectivity index (χ0v) is 11.4. The SMILES string of the molecule is CC1(C)CCCN1Cc1cccc(C#CCN)c1. The van der Waals surface area contributed by atoms with E-state index in [9.17, 15) is 0 Å². The Morgan fingerprint density at radius 3 is 2.89 bits per heavy atom. The van der Waals surface area contributed by atoms with E-state index in [4.69, 9.17) is 5.73 Å². The molecule has 0 amide bonds. The van der Waals surface area contributed by atoms with Crippen LogP contribution in [0.1, 0.15) is 37.8 Å². The molecule has 0 saturated carbocycles. The van der Waals surface area contributed by atoms with Gasteiger partial charge in [0.2, 0.25) is 0 Å². The van der Waals surface area contributed by atoms with Crippen molar-refractivity contribution in [2.24, 2.45) is 5.73 Å². The highest BCUT2D eigenvalue weighted by atomic mass is 15.2. The summed E-state index contributed by atoms with van der Waals surface area (Å²) in [5, 5.41) is 0. The van der Waals surface area contributed by atoms with Gasteiger partial charge in [-0.15, -0.1) is 0 Å². The summed E-state index contributed by atoms with van der Waals surface area (Å²) in [7, 11) is 0. The predicted molar refractivity (Wildman–Crippen MR) is 76.1 cm³/mol. The van der Waals surface area contributed by atoms with Crippen molar-refractivity contribution in [3.05, 3.63) is 35.4 Å². The number of nitrogens with two attached hydrogens (primary N) is 1. The number of nitrogens with zero attached hydrogens (tertiary/aromatic N) is 1. The molecule has 0 spiro atoms. The first-order valence-corrected chi connectivity index (χ1v) is 6.65. The fraction of sp³-hybridized carbons (Fsp3) is 0.500. The van der Waals surface area contributed by atoms with Crippen LogP contribution >= 0.6 is 0 Å². The molecule has 1 aliphatic rings. The second-order valence-corrected chi connectivity index (χ2v) is 5.54. The van der Waals surface area contributed by atoms with Crippen LogP contribution in [-0.2, 0) is 6.54 Å². The molecule has 0 aromatic heterocycles. The van der Waals surface area contributed by atoms with Crippen molar-refractivity contribution < 1.29 is 0 Å². The summed E-state index contributed by atoms with van der Waals surface area (Å²) >= 11 is 0. The number of rotatable bonds is 2. The van der Waals surface area contributed by atoms with Gasteiger partial charge in [0, 0.05) is 17.6 Å². The van der Waals surface area contributed by atoms with Crippen molar-refractivity contribution in [2.45, 2.75) is 38.8 Å². The van der Waals surface area contributed by atoms with Crippen LogP contribution in [0.5, 0.6) is 0 Å². The van der Waals surface area contributed by atoms with Gasteiger partial charge in [-0.1, -0.05) is 24.0 Å². The molecule has 2 heteroatoms. The molecule has 96 valence electrons. The second kappa shape index (κ2) is 5.56. The molecule has 0 atom stereocenters. The van der Waals surface area contributed by atoms with Gasteiger partial charge in [-0.25, -0.2) is 0 Å². The first-order valence-electron chi connectivity index (χ1n) is 6.65. The fourth-order valence-corrected chi connectivity index (χ4v) is 2.58. The molecule has 0 unspecified atom stereocenters. The molecule has 0 aliphatic carbocycles. The molecule has 2 nitrogen and oxygen atoms in total. The summed E-state index contributed by atoms with van der Waals surface area (Å²) in [5.74, 6) is 6.00. The van der Waals surface area contributed by atoms with Gasteiger partial charge in [-0.05, 0) is 50.9 Å². The zero-order chi connectivity index (χ0) is 13.0. The van der Waals surface area contributed by atoms with Crippen LogP contribution in [0.15, 0.2) is 24.3 Å². The van der Waals surface area contributed by atoms with Crippen LogP contribution in [0.2, 0.25) is 0 Å². The lowest BCUT2D eigenvalue weighted by atomic mass is 10.0. The van der Waals surface area contributed by atoms with E-state index in [0.717, 1.165) is 12.1 Å². The Morgan fingerprint density at radius 1 is 1.39 bits per heavy atom. The minimum absolute atomic E-state index is 0.332. The van der Waals surface area contributed by atoms with Crippen LogP contribution in [0, 0.1) is 11.8 Å². The molecule has 1 aromatic rings. The van der Waals surface area contributed by atoms with Crippen molar-refractivity contribution in [1.29, 1.82) is 0 Å². The van der Waals surface area contributed by atoms with Gasteiger partial charge >= 0.3 is 0 Å². The van der Waals surface area contributed by atoms with Crippen molar-refractivity contribution in [3.63, 3.8) is 0 Å². The van der Waals surface area contributed by atoms with Crippen molar-refractivity contribution in [3.8, 4) is 11.8 Å². The highest BCUT2D eigenvalue weighted by Crippen LogP contribution is 2.29. The number of benzene rings is 1. The standard InChI is InChI=1S/C16H22N2/c1-16(2)9-5-11-18(16)13-15-7-3-6-14(12-15)8-4-10-17/h3,6-7,12H,5,9-11,13,17H2,1-2H3. The quantitative estimate of drug-likeness (QED) is 0.807. The Hall–Kier alpha value is -1.30. The molecule has 2 N–H and O–H groups in total. The topological polar surface area (TPSA) is 29.3 Å². The molecule has 0 radical (unpaired) electrons. The van der Waals surface area contributed by atoms with E-state index in [0.29, 0.717) is 12.1 Å². The molecule has 1 aromatic carbocycles. The lowest BCUT2D eigenvalue weighted by molar-refractivity contribution is 0.166. The summed E-state index contributed by atoms with van der Waals surface area (Å²) in [4.78, 5) is 2.56. The van der Waals surface area contributed by atoms with E-state index in [-0.39, 0.29) is 0 Å². The van der Waals surface area contributed by atoms with Crippen LogP contribution in [0.4, 0.5) is 0 Å². The zero-order valence-electron chi connectivity index (χ0n) is 11.4. The van der Waals surface area contributed by atoms with E-state index in [2.05, 4.69) is 48.8 Å². The maximum atomic E-state index is 5.40. The van der Waals surface area contributed by atoms with Gasteiger partial charge < -0.3 is 5.73 Å². The fourth-order valence-electron chi connectivity index (χ4n) is 2.58. The molecule has 0 bridgehead atoms. The first kappa shape index (κ1) is 13.1. The van der Waals surface area contributed by atoms with Crippen LogP contribution < -0.4 is 5.73 Å². The second-order valence-electron chi connectivity index (χ2n) is 5.54. The van der Waals surface area contributed by atoms with Crippen molar-refractivity contribution >= 4 is 0 Å². The van der Waals surface area contributed by atoms with Gasteiger partial charge in [0.05, 0.1) is 6.54 Å². The van der Waals surface area contributed by atoms with Gasteiger partial charge in [-0.3, -0.25) is 4.90 Å². The molecular formula is C16H22N2. The van der Waals surface area contributed by atoms with Crippen LogP contribution in [0.25, 0.3) is 0 Å². The Balaban J connectivity index is 2.10. The lowest BCUT2D eigenvalue weighted by Gasteiger charge is -2.31. The molecule has 18 heavy (non-hydrogen) atoms. The average molecular weight is 242 g/mol. The van der Waals surface area contributed by atoms with Crippen molar-refractivity contribution in [1.82, 2.24) is 4.90 Å². The third-order valence-electron chi connectivity index (χ3n) is 3.71. The number of likely N-dealkylation sites (tertiary alicyclic amines) is 1. The molecule has 1 saturated heterocycles. The Kier molecular flexibility index (Phi) is 4.06. The summed E-state index contributed by atoms with van der Waals surface area (Å²) in [6, 6.07) is 8.49. The predicted octanol–water partition coefficient (Wildman–Crippen LogP) is 2.37.